The highest BCUT2D eigenvalue weighted by Gasteiger charge is 2.19. The number of anilines is 2. The van der Waals surface area contributed by atoms with E-state index in [1.54, 1.807) is 6.07 Å². The number of benzene rings is 2. The van der Waals surface area contributed by atoms with Crippen LogP contribution < -0.4 is 15.8 Å². The maximum absolute atomic E-state index is 14.1. The zero-order valence-corrected chi connectivity index (χ0v) is 18.7. The van der Waals surface area contributed by atoms with Crippen LogP contribution in [0.1, 0.15) is 16.8 Å². The molecule has 164 valence electrons. The lowest BCUT2D eigenvalue weighted by atomic mass is 10.1. The Balaban J connectivity index is 2.18. The van der Waals surface area contributed by atoms with Crippen molar-refractivity contribution in [1.82, 2.24) is 0 Å². The van der Waals surface area contributed by atoms with Crippen LogP contribution in [-0.4, -0.2) is 45.0 Å². The van der Waals surface area contributed by atoms with Crippen molar-refractivity contribution in [1.29, 1.82) is 0 Å². The van der Waals surface area contributed by atoms with E-state index in [0.29, 0.717) is 3.57 Å². The van der Waals surface area contributed by atoms with Crippen LogP contribution in [0.4, 0.5) is 20.2 Å². The summed E-state index contributed by atoms with van der Waals surface area (Å²) >= 11 is 1.93. The predicted molar refractivity (Wildman–Crippen MR) is 114 cm³/mol. The molecule has 30 heavy (non-hydrogen) atoms. The van der Waals surface area contributed by atoms with Crippen molar-refractivity contribution < 1.29 is 36.0 Å². The molecule has 2 aromatic carbocycles. The molecular formula is C18H19F2IN2O6S. The van der Waals surface area contributed by atoms with E-state index in [4.69, 9.17) is 10.5 Å². The number of aliphatic hydroxyl groups excluding tert-OH is 1. The molecule has 12 heteroatoms. The van der Waals surface area contributed by atoms with Crippen LogP contribution in [0.15, 0.2) is 30.3 Å². The number of nitrogens with one attached hydrogen (secondary N) is 1. The van der Waals surface area contributed by atoms with Gasteiger partial charge in [-0.2, -0.15) is 8.42 Å². The highest BCUT2D eigenvalue weighted by molar-refractivity contribution is 14.1. The Bertz CT molecular complexity index is 1040. The molecule has 4 N–H and O–H groups in total. The van der Waals surface area contributed by atoms with Gasteiger partial charge in [0.15, 0.2) is 0 Å². The van der Waals surface area contributed by atoms with Gasteiger partial charge in [0.1, 0.15) is 22.9 Å². The Hall–Kier alpha value is -2.03. The number of hydrogen-bond acceptors (Lipinski definition) is 7. The topological polar surface area (TPSA) is 128 Å². The van der Waals surface area contributed by atoms with Gasteiger partial charge in [-0.25, -0.2) is 8.78 Å². The number of ether oxygens (including phenoxy) is 1. The fourth-order valence-electron chi connectivity index (χ4n) is 2.37. The van der Waals surface area contributed by atoms with E-state index >= 15 is 0 Å². The second-order valence-electron chi connectivity index (χ2n) is 6.22. The lowest BCUT2D eigenvalue weighted by Crippen LogP contribution is -2.21. The van der Waals surface area contributed by atoms with Gasteiger partial charge in [0.25, 0.3) is 16.0 Å². The minimum absolute atomic E-state index is 0.00260. The highest BCUT2D eigenvalue weighted by Crippen LogP contribution is 2.31. The minimum Gasteiger partial charge on any atom is -0.492 e. The van der Waals surface area contributed by atoms with Gasteiger partial charge in [-0.15, -0.1) is 0 Å². The largest absolute Gasteiger partial charge is 0.492 e. The Kier molecular flexibility index (Phi) is 8.34. The molecule has 0 bridgehead atoms. The number of aliphatic hydroxyl groups is 1. The Morgan fingerprint density at radius 2 is 1.97 bits per heavy atom. The number of primary amides is 1. The first kappa shape index (κ1) is 24.2. The van der Waals surface area contributed by atoms with Crippen molar-refractivity contribution in [2.24, 2.45) is 5.73 Å². The Labute approximate surface area is 185 Å². The maximum Gasteiger partial charge on any atom is 0.264 e. The molecule has 0 heterocycles. The molecule has 1 atom stereocenters. The normalized spacial score (nSPS) is 12.4. The third-order valence-electron chi connectivity index (χ3n) is 3.70. The number of nitrogens with two attached hydrogens (primary N) is 1. The predicted octanol–water partition coefficient (Wildman–Crippen LogP) is 2.52. The van der Waals surface area contributed by atoms with Gasteiger partial charge in [-0.05, 0) is 46.9 Å². The molecule has 0 aliphatic carbocycles. The van der Waals surface area contributed by atoms with Gasteiger partial charge in [0.05, 0.1) is 36.9 Å². The van der Waals surface area contributed by atoms with E-state index in [9.17, 15) is 27.1 Å². The summed E-state index contributed by atoms with van der Waals surface area (Å²) in [5, 5.41) is 12.4. The molecule has 0 fully saturated rings. The van der Waals surface area contributed by atoms with E-state index in [2.05, 4.69) is 9.50 Å². The molecule has 0 saturated heterocycles. The van der Waals surface area contributed by atoms with Crippen molar-refractivity contribution in [3.05, 3.63) is 51.1 Å². The Morgan fingerprint density at radius 3 is 2.57 bits per heavy atom. The molecule has 0 aliphatic heterocycles. The Morgan fingerprint density at radius 1 is 1.27 bits per heavy atom. The fourth-order valence-corrected chi connectivity index (χ4v) is 3.23. The molecule has 0 aromatic heterocycles. The summed E-state index contributed by atoms with van der Waals surface area (Å²) in [6.07, 6.45) is -0.407. The van der Waals surface area contributed by atoms with Crippen LogP contribution in [-0.2, 0) is 14.3 Å². The molecule has 2 rings (SSSR count). The monoisotopic (exact) mass is 556 g/mol. The molecular weight excluding hydrogens is 537 g/mol. The number of halogens is 3. The summed E-state index contributed by atoms with van der Waals surface area (Å²) in [5.74, 6) is -2.55. The first-order valence-corrected chi connectivity index (χ1v) is 11.4. The average molecular weight is 556 g/mol. The van der Waals surface area contributed by atoms with E-state index in [-0.39, 0.29) is 35.7 Å². The van der Waals surface area contributed by atoms with Gasteiger partial charge in [0, 0.05) is 16.1 Å². The smallest absolute Gasteiger partial charge is 0.264 e. The maximum atomic E-state index is 14.1. The van der Waals surface area contributed by atoms with Gasteiger partial charge >= 0.3 is 0 Å². The zero-order valence-electron chi connectivity index (χ0n) is 15.7. The standard InChI is InChI=1S/C18H19F2IN2O6S/c1-30(26,27)29-9-12(24)4-5-28-16-7-10(19)6-15(17(16)18(22)25)23-14-3-2-11(21)8-13(14)20/h2-3,6-8,12,23-24H,4-5,9H2,1H3,(H2,22,25)/t12-/m1/s1. The fraction of sp³-hybridized carbons (Fsp3) is 0.278. The number of amides is 1. The van der Waals surface area contributed by atoms with Crippen LogP contribution in [0.3, 0.4) is 0 Å². The molecule has 0 unspecified atom stereocenters. The first-order valence-electron chi connectivity index (χ1n) is 8.47. The number of carbonyl (C=O) groups excluding carboxylic acids is 1. The number of carbonyl (C=O) groups is 1. The van der Waals surface area contributed by atoms with Gasteiger partial charge in [0.2, 0.25) is 0 Å². The van der Waals surface area contributed by atoms with E-state index in [1.165, 1.54) is 12.1 Å². The van der Waals surface area contributed by atoms with Crippen LogP contribution in [0.25, 0.3) is 0 Å². The third kappa shape index (κ3) is 7.34. The van der Waals surface area contributed by atoms with Crippen LogP contribution in [0, 0.1) is 15.2 Å². The summed E-state index contributed by atoms with van der Waals surface area (Å²) in [4.78, 5) is 11.9. The molecule has 1 amide bonds. The molecule has 0 spiro atoms. The van der Waals surface area contributed by atoms with Crippen LogP contribution >= 0.6 is 22.6 Å². The van der Waals surface area contributed by atoms with Gasteiger partial charge in [-0.1, -0.05) is 0 Å². The summed E-state index contributed by atoms with van der Waals surface area (Å²) in [6, 6.07) is 6.19. The van der Waals surface area contributed by atoms with Crippen molar-refractivity contribution in [2.75, 3.05) is 24.8 Å². The minimum atomic E-state index is -3.71. The van der Waals surface area contributed by atoms with Crippen molar-refractivity contribution >= 4 is 50.0 Å². The second-order valence-corrected chi connectivity index (χ2v) is 9.11. The highest BCUT2D eigenvalue weighted by atomic mass is 127. The SMILES string of the molecule is CS(=O)(=O)OC[C@H](O)CCOc1cc(F)cc(Nc2ccc(I)cc2F)c1C(N)=O. The molecule has 0 saturated carbocycles. The quantitative estimate of drug-likeness (QED) is 0.303. The lowest BCUT2D eigenvalue weighted by Gasteiger charge is -2.17. The van der Waals surface area contributed by atoms with Crippen molar-refractivity contribution in [3.63, 3.8) is 0 Å². The van der Waals surface area contributed by atoms with E-state index < -0.39 is 40.4 Å². The summed E-state index contributed by atoms with van der Waals surface area (Å²) < 4.78 is 60.5. The first-order chi connectivity index (χ1) is 14.0. The molecule has 0 radical (unpaired) electrons. The van der Waals surface area contributed by atoms with Crippen molar-refractivity contribution in [2.45, 2.75) is 12.5 Å². The van der Waals surface area contributed by atoms with E-state index in [1.807, 2.05) is 22.6 Å². The summed E-state index contributed by atoms with van der Waals surface area (Å²) in [5.41, 5.74) is 5.09. The molecule has 2 aromatic rings. The van der Waals surface area contributed by atoms with Crippen LogP contribution in [0.2, 0.25) is 0 Å². The lowest BCUT2D eigenvalue weighted by molar-refractivity contribution is 0.0880. The third-order valence-corrected chi connectivity index (χ3v) is 4.93. The van der Waals surface area contributed by atoms with Crippen molar-refractivity contribution in [3.8, 4) is 5.75 Å². The number of rotatable bonds is 10. The van der Waals surface area contributed by atoms with Gasteiger partial charge in [-0.3, -0.25) is 8.98 Å². The molecule has 0 aliphatic rings. The zero-order chi connectivity index (χ0) is 22.5. The van der Waals surface area contributed by atoms with Crippen LogP contribution in [0.5, 0.6) is 5.75 Å². The van der Waals surface area contributed by atoms with Gasteiger partial charge < -0.3 is 20.9 Å². The summed E-state index contributed by atoms with van der Waals surface area (Å²) in [6.45, 7) is -0.678. The van der Waals surface area contributed by atoms with E-state index in [0.717, 1.165) is 18.4 Å². The second kappa shape index (κ2) is 10.3. The average Bonchev–Trinajstić information content (AvgIpc) is 2.61. The summed E-state index contributed by atoms with van der Waals surface area (Å²) in [7, 11) is -3.71. The molecule has 8 nitrogen and oxygen atoms in total. The number of hydrogen-bond donors (Lipinski definition) is 3.